The van der Waals surface area contributed by atoms with Crippen molar-refractivity contribution in [2.45, 2.75) is 38.5 Å². The number of benzene rings is 1. The van der Waals surface area contributed by atoms with Crippen LogP contribution in [-0.2, 0) is 11.2 Å². The normalized spacial score (nSPS) is 15.2. The molecule has 0 unspecified atom stereocenters. The number of hydrogen-bond donors (Lipinski definition) is 0. The lowest BCUT2D eigenvalue weighted by molar-refractivity contribution is -0.122. The predicted molar refractivity (Wildman–Crippen MR) is 73.0 cm³/mol. The van der Waals surface area contributed by atoms with Gasteiger partial charge in [-0.2, -0.15) is 5.26 Å². The largest absolute Gasteiger partial charge is 0.497 e. The summed E-state index contributed by atoms with van der Waals surface area (Å²) in [6.45, 7) is 0. The van der Waals surface area contributed by atoms with Gasteiger partial charge in [-0.05, 0) is 37.0 Å². The second-order valence-corrected chi connectivity index (χ2v) is 5.08. The molecule has 0 aromatic heterocycles. The third-order valence-electron chi connectivity index (χ3n) is 3.89. The molecule has 0 heterocycles. The van der Waals surface area contributed by atoms with Crippen LogP contribution in [0.5, 0.6) is 5.75 Å². The number of methoxy groups -OCH3 is 1. The van der Waals surface area contributed by atoms with Crippen molar-refractivity contribution in [3.05, 3.63) is 29.3 Å². The third kappa shape index (κ3) is 3.35. The van der Waals surface area contributed by atoms with Crippen LogP contribution in [0.3, 0.4) is 0 Å². The molecular weight excluding hydrogens is 238 g/mol. The van der Waals surface area contributed by atoms with Crippen molar-refractivity contribution in [3.63, 3.8) is 0 Å². The minimum absolute atomic E-state index is 0.267. The zero-order valence-electron chi connectivity index (χ0n) is 11.3. The molecule has 1 aliphatic rings. The van der Waals surface area contributed by atoms with Crippen LogP contribution in [0.25, 0.3) is 0 Å². The maximum absolute atomic E-state index is 12.0. The first kappa shape index (κ1) is 13.6. The summed E-state index contributed by atoms with van der Waals surface area (Å²) in [4.78, 5) is 12.0. The van der Waals surface area contributed by atoms with Gasteiger partial charge in [-0.3, -0.25) is 4.79 Å². The van der Waals surface area contributed by atoms with Crippen LogP contribution in [0.4, 0.5) is 0 Å². The summed E-state index contributed by atoms with van der Waals surface area (Å²) in [6.07, 6.45) is 5.66. The second kappa shape index (κ2) is 6.38. The quantitative estimate of drug-likeness (QED) is 0.813. The number of rotatable bonds is 5. The van der Waals surface area contributed by atoms with E-state index < -0.39 is 0 Å². The SMILES string of the molecule is COc1ccc(CCC(=O)C2CCCC2)c(C#N)c1. The molecule has 19 heavy (non-hydrogen) atoms. The van der Waals surface area contributed by atoms with E-state index in [1.54, 1.807) is 13.2 Å². The van der Waals surface area contributed by atoms with Gasteiger partial charge in [-0.25, -0.2) is 0 Å². The molecule has 1 aliphatic carbocycles. The molecule has 0 bridgehead atoms. The summed E-state index contributed by atoms with van der Waals surface area (Å²) in [5.74, 6) is 1.31. The topological polar surface area (TPSA) is 50.1 Å². The molecule has 1 fully saturated rings. The summed E-state index contributed by atoms with van der Waals surface area (Å²) in [5, 5.41) is 9.12. The molecular formula is C16H19NO2. The molecule has 1 aromatic rings. The van der Waals surface area contributed by atoms with Gasteiger partial charge in [-0.15, -0.1) is 0 Å². The lowest BCUT2D eigenvalue weighted by atomic mass is 9.95. The molecule has 0 radical (unpaired) electrons. The molecule has 0 amide bonds. The van der Waals surface area contributed by atoms with Crippen molar-refractivity contribution >= 4 is 5.78 Å². The Balaban J connectivity index is 1.99. The van der Waals surface area contributed by atoms with Gasteiger partial charge in [0.2, 0.25) is 0 Å². The zero-order valence-corrected chi connectivity index (χ0v) is 11.3. The molecule has 1 aromatic carbocycles. The fourth-order valence-corrected chi connectivity index (χ4v) is 2.71. The van der Waals surface area contributed by atoms with E-state index >= 15 is 0 Å². The van der Waals surface area contributed by atoms with Crippen molar-refractivity contribution in [3.8, 4) is 11.8 Å². The van der Waals surface area contributed by atoms with Gasteiger partial charge in [0.1, 0.15) is 11.5 Å². The van der Waals surface area contributed by atoms with E-state index in [1.807, 2.05) is 12.1 Å². The van der Waals surface area contributed by atoms with Crippen molar-refractivity contribution in [2.24, 2.45) is 5.92 Å². The van der Waals surface area contributed by atoms with Crippen LogP contribution in [-0.4, -0.2) is 12.9 Å². The van der Waals surface area contributed by atoms with Gasteiger partial charge in [0.15, 0.2) is 0 Å². The number of Topliss-reactive ketones (excluding diaryl/α,β-unsaturated/α-hetero) is 1. The highest BCUT2D eigenvalue weighted by Gasteiger charge is 2.22. The highest BCUT2D eigenvalue weighted by molar-refractivity contribution is 5.81. The number of carbonyl (C=O) groups excluding carboxylic acids is 1. The average molecular weight is 257 g/mol. The molecule has 0 atom stereocenters. The number of nitriles is 1. The van der Waals surface area contributed by atoms with Crippen LogP contribution >= 0.6 is 0 Å². The number of carbonyl (C=O) groups is 1. The van der Waals surface area contributed by atoms with Crippen molar-refractivity contribution in [1.82, 2.24) is 0 Å². The van der Waals surface area contributed by atoms with Gasteiger partial charge in [0.05, 0.1) is 18.7 Å². The molecule has 1 saturated carbocycles. The first-order valence-electron chi connectivity index (χ1n) is 6.84. The van der Waals surface area contributed by atoms with E-state index in [0.717, 1.165) is 18.4 Å². The maximum atomic E-state index is 12.0. The average Bonchev–Trinajstić information content (AvgIpc) is 2.98. The van der Waals surface area contributed by atoms with E-state index in [1.165, 1.54) is 12.8 Å². The van der Waals surface area contributed by atoms with Gasteiger partial charge in [-0.1, -0.05) is 18.9 Å². The van der Waals surface area contributed by atoms with E-state index in [-0.39, 0.29) is 5.92 Å². The van der Waals surface area contributed by atoms with E-state index in [2.05, 4.69) is 6.07 Å². The molecule has 2 rings (SSSR count). The summed E-state index contributed by atoms with van der Waals surface area (Å²) >= 11 is 0. The van der Waals surface area contributed by atoms with E-state index in [0.29, 0.717) is 29.9 Å². The third-order valence-corrected chi connectivity index (χ3v) is 3.89. The first-order chi connectivity index (χ1) is 9.24. The van der Waals surface area contributed by atoms with E-state index in [4.69, 9.17) is 10.00 Å². The second-order valence-electron chi connectivity index (χ2n) is 5.08. The predicted octanol–water partition coefficient (Wildman–Crippen LogP) is 3.26. The first-order valence-corrected chi connectivity index (χ1v) is 6.84. The van der Waals surface area contributed by atoms with Gasteiger partial charge >= 0.3 is 0 Å². The van der Waals surface area contributed by atoms with Gasteiger partial charge in [0, 0.05) is 12.3 Å². The van der Waals surface area contributed by atoms with E-state index in [9.17, 15) is 4.79 Å². The molecule has 0 aliphatic heterocycles. The molecule has 0 saturated heterocycles. The Bertz CT molecular complexity index is 496. The monoisotopic (exact) mass is 257 g/mol. The number of hydrogen-bond acceptors (Lipinski definition) is 3. The van der Waals surface area contributed by atoms with Crippen LogP contribution in [0, 0.1) is 17.2 Å². The minimum Gasteiger partial charge on any atom is -0.497 e. The Hall–Kier alpha value is -1.82. The number of ether oxygens (including phenoxy) is 1. The van der Waals surface area contributed by atoms with Crippen LogP contribution in [0.2, 0.25) is 0 Å². The molecule has 100 valence electrons. The summed E-state index contributed by atoms with van der Waals surface area (Å²) in [6, 6.07) is 7.64. The van der Waals surface area contributed by atoms with Crippen molar-refractivity contribution in [2.75, 3.05) is 7.11 Å². The zero-order chi connectivity index (χ0) is 13.7. The Kier molecular flexibility index (Phi) is 4.57. The molecule has 3 heteroatoms. The Labute approximate surface area is 114 Å². The standard InChI is InChI=1S/C16H19NO2/c1-19-15-8-6-12(14(10-15)11-17)7-9-16(18)13-4-2-3-5-13/h6,8,10,13H,2-5,7,9H2,1H3. The lowest BCUT2D eigenvalue weighted by Crippen LogP contribution is -2.11. The smallest absolute Gasteiger partial charge is 0.136 e. The molecule has 0 spiro atoms. The van der Waals surface area contributed by atoms with Gasteiger partial charge < -0.3 is 4.74 Å². The lowest BCUT2D eigenvalue weighted by Gasteiger charge is -2.09. The van der Waals surface area contributed by atoms with Crippen LogP contribution < -0.4 is 4.74 Å². The summed E-state index contributed by atoms with van der Waals surface area (Å²) in [7, 11) is 1.58. The van der Waals surface area contributed by atoms with Crippen molar-refractivity contribution in [1.29, 1.82) is 5.26 Å². The summed E-state index contributed by atoms with van der Waals surface area (Å²) in [5.41, 5.74) is 1.55. The maximum Gasteiger partial charge on any atom is 0.136 e. The van der Waals surface area contributed by atoms with Gasteiger partial charge in [0.25, 0.3) is 0 Å². The van der Waals surface area contributed by atoms with Crippen molar-refractivity contribution < 1.29 is 9.53 Å². The minimum atomic E-state index is 0.267. The fraction of sp³-hybridized carbons (Fsp3) is 0.500. The highest BCUT2D eigenvalue weighted by Crippen LogP contribution is 2.27. The number of nitrogens with zero attached hydrogens (tertiary/aromatic N) is 1. The fourth-order valence-electron chi connectivity index (χ4n) is 2.71. The number of ketones is 1. The Morgan fingerprint density at radius 3 is 2.79 bits per heavy atom. The van der Waals surface area contributed by atoms with Crippen LogP contribution in [0.15, 0.2) is 18.2 Å². The Morgan fingerprint density at radius 1 is 1.42 bits per heavy atom. The molecule has 0 N–H and O–H groups in total. The summed E-state index contributed by atoms with van der Waals surface area (Å²) < 4.78 is 5.10. The van der Waals surface area contributed by atoms with Crippen LogP contribution in [0.1, 0.15) is 43.2 Å². The molecule has 3 nitrogen and oxygen atoms in total. The number of aryl methyl sites for hydroxylation is 1. The Morgan fingerprint density at radius 2 is 2.16 bits per heavy atom. The highest BCUT2D eigenvalue weighted by atomic mass is 16.5.